The first-order valence-electron chi connectivity index (χ1n) is 43.5. The van der Waals surface area contributed by atoms with Gasteiger partial charge in [-0.15, -0.1) is 15.3 Å². The quantitative estimate of drug-likeness (QED) is 0.0158. The first-order chi connectivity index (χ1) is 60.1. The lowest BCUT2D eigenvalue weighted by molar-refractivity contribution is -0.173. The maximum absolute atomic E-state index is 15.9. The van der Waals surface area contributed by atoms with E-state index in [0.29, 0.717) is 88.0 Å². The molecule has 0 radical (unpaired) electrons. The molecule has 6 atom stereocenters. The second kappa shape index (κ2) is 53.1. The van der Waals surface area contributed by atoms with Gasteiger partial charge in [0, 0.05) is 80.7 Å². The molecule has 37 nitrogen and oxygen atoms in total. The van der Waals surface area contributed by atoms with Gasteiger partial charge in [-0.1, -0.05) is 127 Å². The number of carbonyl (C=O) groups is 6. The van der Waals surface area contributed by atoms with Crippen molar-refractivity contribution in [1.29, 1.82) is 0 Å². The lowest BCUT2D eigenvalue weighted by Gasteiger charge is -2.44. The van der Waals surface area contributed by atoms with Crippen molar-refractivity contribution in [2.45, 2.75) is 222 Å². The number of rotatable bonds is 65. The highest BCUT2D eigenvalue weighted by molar-refractivity contribution is 7.89. The number of hydrogen-bond donors (Lipinski definition) is 4. The smallest absolute Gasteiger partial charge is 0.318 e. The number of carbonyl (C=O) groups excluding carboxylic acids is 6. The minimum absolute atomic E-state index is 0.0172. The lowest BCUT2D eigenvalue weighted by Crippen LogP contribution is -2.50. The number of benzene rings is 2. The summed E-state index contributed by atoms with van der Waals surface area (Å²) in [5.74, 6) is -4.55. The molecule has 126 heavy (non-hydrogen) atoms. The number of hydrogen-bond acceptors (Lipinski definition) is 30. The van der Waals surface area contributed by atoms with Crippen LogP contribution in [0.15, 0.2) is 66.1 Å². The molecule has 0 aliphatic carbocycles. The number of aromatic nitrogens is 12. The van der Waals surface area contributed by atoms with Crippen LogP contribution in [-0.2, 0) is 139 Å². The maximum atomic E-state index is 15.9. The summed E-state index contributed by atoms with van der Waals surface area (Å²) >= 11 is 13.0. The molecule has 1 aliphatic rings. The molecule has 1 aliphatic heterocycles. The van der Waals surface area contributed by atoms with Gasteiger partial charge in [0.15, 0.2) is 0 Å². The number of nitrogens with one attached hydrogen (secondary N) is 3. The molecule has 2 aromatic carbocycles. The molecule has 5 heterocycles. The molecule has 0 spiro atoms. The second-order valence-electron chi connectivity index (χ2n) is 34.3. The van der Waals surface area contributed by atoms with E-state index in [2.05, 4.69) is 68.4 Å². The van der Waals surface area contributed by atoms with Crippen LogP contribution in [0.3, 0.4) is 0 Å². The van der Waals surface area contributed by atoms with E-state index in [4.69, 9.17) is 75.3 Å². The predicted octanol–water partition coefficient (Wildman–Crippen LogP) is 8.52. The topological polar surface area (TPSA) is 424 Å². The summed E-state index contributed by atoms with van der Waals surface area (Å²) < 4.78 is 99.4. The Kier molecular flexibility index (Phi) is 44.3. The summed E-state index contributed by atoms with van der Waals surface area (Å²) in [5.41, 5.74) is -5.08. The van der Waals surface area contributed by atoms with Crippen LogP contribution in [0.1, 0.15) is 192 Å². The third kappa shape index (κ3) is 35.7. The minimum atomic E-state index is -3.89. The van der Waals surface area contributed by atoms with Gasteiger partial charge in [0.2, 0.25) is 21.8 Å². The number of unbranched alkanes of at least 4 members (excludes halogenated alkanes) is 7. The largest absolute Gasteiger partial charge is 0.459 e. The molecule has 0 bridgehead atoms. The monoisotopic (exact) mass is 1830 g/mol. The van der Waals surface area contributed by atoms with Crippen molar-refractivity contribution >= 4 is 68.9 Å². The van der Waals surface area contributed by atoms with Crippen molar-refractivity contribution in [2.24, 2.45) is 27.1 Å². The summed E-state index contributed by atoms with van der Waals surface area (Å²) in [6.07, 6.45) is 13.2. The molecule has 6 unspecified atom stereocenters. The van der Waals surface area contributed by atoms with E-state index >= 15 is 14.4 Å². The normalized spacial score (nSPS) is 15.4. The van der Waals surface area contributed by atoms with Crippen molar-refractivity contribution in [1.82, 2.24) is 85.1 Å². The van der Waals surface area contributed by atoms with Crippen molar-refractivity contribution in [3.05, 3.63) is 105 Å². The van der Waals surface area contributed by atoms with Crippen molar-refractivity contribution in [3.8, 4) is 5.88 Å². The Labute approximate surface area is 751 Å². The molecule has 2 amide bonds. The molecule has 40 heteroatoms. The zero-order valence-corrected chi connectivity index (χ0v) is 78.2. The van der Waals surface area contributed by atoms with Crippen LogP contribution in [0.25, 0.3) is 0 Å². The van der Waals surface area contributed by atoms with Crippen molar-refractivity contribution in [2.75, 3.05) is 147 Å². The zero-order chi connectivity index (χ0) is 91.8. The van der Waals surface area contributed by atoms with Gasteiger partial charge in [-0.3, -0.25) is 38.1 Å². The van der Waals surface area contributed by atoms with Crippen LogP contribution in [0.5, 0.6) is 5.88 Å². The third-order valence-corrected chi connectivity index (χ3v) is 23.8. The highest BCUT2D eigenvalue weighted by Crippen LogP contribution is 2.52. The van der Waals surface area contributed by atoms with Crippen LogP contribution in [-0.4, -0.2) is 272 Å². The second-order valence-corrected chi connectivity index (χ2v) is 36.9. The van der Waals surface area contributed by atoms with Gasteiger partial charge in [-0.25, -0.2) is 22.5 Å². The van der Waals surface area contributed by atoms with Crippen LogP contribution in [0.4, 0.5) is 0 Å². The molecule has 6 aromatic rings. The molecular formula is C86H135Cl2N17O20S. The minimum Gasteiger partial charge on any atom is -0.459 e. The first-order valence-corrected chi connectivity index (χ1v) is 45.7. The maximum Gasteiger partial charge on any atom is 0.318 e. The number of fused-ring (bicyclic) bond motifs is 1. The van der Waals surface area contributed by atoms with Gasteiger partial charge >= 0.3 is 23.9 Å². The Hall–Kier alpha value is -8.09. The highest BCUT2D eigenvalue weighted by atomic mass is 35.5. The molecule has 4 aromatic heterocycles. The number of likely N-dealkylation sites (N-methyl/N-ethyl adjacent to an activating group) is 1. The van der Waals surface area contributed by atoms with E-state index < -0.39 is 99.0 Å². The van der Waals surface area contributed by atoms with Crippen LogP contribution in [0, 0.1) is 27.1 Å². The molecule has 7 rings (SSSR count). The molecule has 4 N–H and O–H groups in total. The van der Waals surface area contributed by atoms with E-state index in [1.54, 1.807) is 96.2 Å². The molecule has 0 saturated carbocycles. The average molecular weight is 1830 g/mol. The van der Waals surface area contributed by atoms with Crippen molar-refractivity contribution in [3.63, 3.8) is 0 Å². The van der Waals surface area contributed by atoms with Crippen LogP contribution < -0.4 is 20.1 Å². The van der Waals surface area contributed by atoms with Crippen molar-refractivity contribution < 1.29 is 94.4 Å². The number of methoxy groups -OCH3 is 1. The first kappa shape index (κ1) is 105. The number of halogens is 2. The Morgan fingerprint density at radius 2 is 1.06 bits per heavy atom. The number of amides is 2. The van der Waals surface area contributed by atoms with E-state index in [1.807, 2.05) is 38.2 Å². The lowest BCUT2D eigenvalue weighted by atomic mass is 9.59. The highest BCUT2D eigenvalue weighted by Gasteiger charge is 2.56. The van der Waals surface area contributed by atoms with Gasteiger partial charge in [0.1, 0.15) is 36.9 Å². The van der Waals surface area contributed by atoms with Crippen LogP contribution in [0.2, 0.25) is 10.0 Å². The number of sulfonamides is 1. The molecular weight excluding hydrogens is 1690 g/mol. The fraction of sp³-hybridized carbons (Fsp3) is 0.698. The fourth-order valence-electron chi connectivity index (χ4n) is 15.3. The number of aliphatic hydroxyl groups is 1. The van der Waals surface area contributed by atoms with Gasteiger partial charge in [-0.2, -0.15) is 0 Å². The predicted molar refractivity (Wildman–Crippen MR) is 467 cm³/mol. The number of ether oxygens (including phenoxy) is 11. The zero-order valence-electron chi connectivity index (χ0n) is 75.8. The Morgan fingerprint density at radius 3 is 1.62 bits per heavy atom. The molecule has 0 saturated heterocycles. The van der Waals surface area contributed by atoms with E-state index in [9.17, 15) is 27.9 Å². The number of nitrogens with zero attached hydrogens (tertiary/aromatic N) is 14. The average Bonchev–Trinajstić information content (AvgIpc) is 0.808. The Balaban J connectivity index is 1.07. The van der Waals surface area contributed by atoms with Gasteiger partial charge < -0.3 is 77.6 Å². The number of aliphatic hydroxyl groups excluding tert-OH is 1. The Bertz CT molecular complexity index is 4440. The van der Waals surface area contributed by atoms with E-state index in [0.717, 1.165) is 36.0 Å². The summed E-state index contributed by atoms with van der Waals surface area (Å²) in [6, 6.07) is 10.4. The number of aryl methyl sites for hydroxylation is 1. The summed E-state index contributed by atoms with van der Waals surface area (Å²) in [5, 5.41) is 51.1. The number of esters is 4. The summed E-state index contributed by atoms with van der Waals surface area (Å²) in [7, 11) is 3.44. The molecule has 704 valence electrons. The van der Waals surface area contributed by atoms with Gasteiger partial charge in [0.25, 0.3) is 5.88 Å². The summed E-state index contributed by atoms with van der Waals surface area (Å²) in [4.78, 5) is 93.2. The molecule has 0 fully saturated rings. The Morgan fingerprint density at radius 1 is 0.571 bits per heavy atom. The van der Waals surface area contributed by atoms with E-state index in [1.165, 1.54) is 66.2 Å². The standard InChI is InChI=1S/C86H135Cl2N17O20S/c1-14-16-17-18-19-20-21-22-29-102-51-67(92-96-102)57-122-78(109)82(4,5)60-84(7,79(110)123-58-68-52-103(97-93-68)31-27-89-75(107)26-30-100(10)11)62-85(8,80(111)124-59-69-53-104(98-94-69)32-35-117-40-44-121-46-45-119-38-37-115-13)63-86(9,61-83(6,15-2)77(108)90-50-64(3)106)81(112)125-76-56-105(99-95-76)33-36-118-41-43-120-42-39-116-34-28-91-126(113,114)70-25-23-24-65(47-70)72-54-101(12)55-73-71(72)48-66(87)49-74(73)88/h23-25,47-49,51-53,56,64,72,91,106H,14-22,26-46,50,54-55,57-63H2,1-13H3,(H,89,107)(H,90,108). The summed E-state index contributed by atoms with van der Waals surface area (Å²) in [6.45, 7) is 20.6. The van der Waals surface area contributed by atoms with E-state index in [-0.39, 0.29) is 145 Å². The SMILES string of the molecule is CCCCCCCCCCn1cc(COC(=O)C(C)(C)CC(C)(CC(C)(CC(C)(CC(C)(CC)C(=O)NCC(C)O)C(=O)Oc2cn(CCOCCOCCOCCNS(=O)(=O)c3cccc(C4CN(C)Cc5c(Cl)cc(Cl)cc54)c3)nn2)C(=O)OCc2cn(CCOCCOCCOCCOC)nn2)C(=O)OCc2cn(CCNC(=O)CCN(C)C)nn2)nn1. The van der Waals surface area contributed by atoms with Gasteiger partial charge in [-0.05, 0) is 142 Å². The van der Waals surface area contributed by atoms with Gasteiger partial charge in [0.05, 0.1) is 163 Å². The third-order valence-electron chi connectivity index (χ3n) is 21.8. The fourth-order valence-corrected chi connectivity index (χ4v) is 16.9. The van der Waals surface area contributed by atoms with Crippen LogP contribution >= 0.6 is 23.2 Å².